The first-order valence-corrected chi connectivity index (χ1v) is 8.07. The molecule has 2 rings (SSSR count). The second-order valence-electron chi connectivity index (χ2n) is 4.64. The average molecular weight is 265 g/mol. The van der Waals surface area contributed by atoms with E-state index in [0.717, 1.165) is 28.6 Å². The summed E-state index contributed by atoms with van der Waals surface area (Å²) < 4.78 is 25.7. The average Bonchev–Trinajstić information content (AvgIpc) is 2.66. The van der Waals surface area contributed by atoms with Gasteiger partial charge in [-0.2, -0.15) is 0 Å². The minimum Gasteiger partial charge on any atom is -0.347 e. The Labute approximate surface area is 108 Å². The van der Waals surface area contributed by atoms with Gasteiger partial charge in [-0.1, -0.05) is 18.6 Å². The molecule has 1 aromatic carbocycles. The summed E-state index contributed by atoms with van der Waals surface area (Å²) in [7, 11) is -2.99. The molecular weight excluding hydrogens is 246 g/mol. The van der Waals surface area contributed by atoms with Gasteiger partial charge in [0.2, 0.25) is 0 Å². The van der Waals surface area contributed by atoms with Gasteiger partial charge in [0.15, 0.2) is 9.84 Å². The molecule has 0 unspecified atom stereocenters. The van der Waals surface area contributed by atoms with Crippen molar-refractivity contribution in [3.05, 3.63) is 35.5 Å². The first kappa shape index (κ1) is 13.1. The van der Waals surface area contributed by atoms with Gasteiger partial charge in [-0.25, -0.2) is 8.42 Å². The van der Waals surface area contributed by atoms with Crippen LogP contribution in [0.4, 0.5) is 0 Å². The molecule has 0 saturated carbocycles. The quantitative estimate of drug-likeness (QED) is 0.852. The molecule has 0 saturated heterocycles. The fraction of sp³-hybridized carbons (Fsp3) is 0.429. The molecule has 0 atom stereocenters. The first-order valence-electron chi connectivity index (χ1n) is 6.25. The summed E-state index contributed by atoms with van der Waals surface area (Å²) >= 11 is 0. The topological polar surface area (TPSA) is 39.1 Å². The summed E-state index contributed by atoms with van der Waals surface area (Å²) in [5, 5.41) is 1.06. The van der Waals surface area contributed by atoms with Crippen LogP contribution < -0.4 is 0 Å². The van der Waals surface area contributed by atoms with Crippen LogP contribution in [0.15, 0.2) is 24.4 Å². The van der Waals surface area contributed by atoms with Crippen molar-refractivity contribution in [3.63, 3.8) is 0 Å². The summed E-state index contributed by atoms with van der Waals surface area (Å²) in [6, 6.07) is 6.20. The number of fused-ring (bicyclic) bond motifs is 1. The van der Waals surface area contributed by atoms with Gasteiger partial charge in [-0.15, -0.1) is 0 Å². The normalized spacial score (nSPS) is 12.2. The van der Waals surface area contributed by atoms with Gasteiger partial charge >= 0.3 is 0 Å². The number of nitrogens with zero attached hydrogens (tertiary/aromatic N) is 1. The SMILES string of the molecule is CCn1cc(CS(=O)(=O)CC)c2cc(C)ccc21. The van der Waals surface area contributed by atoms with Crippen molar-refractivity contribution in [2.24, 2.45) is 0 Å². The largest absolute Gasteiger partial charge is 0.347 e. The molecule has 0 amide bonds. The summed E-state index contributed by atoms with van der Waals surface area (Å²) in [4.78, 5) is 0. The van der Waals surface area contributed by atoms with E-state index in [1.54, 1.807) is 6.92 Å². The molecular formula is C14H19NO2S. The van der Waals surface area contributed by atoms with E-state index < -0.39 is 9.84 Å². The maximum atomic E-state index is 11.8. The minimum atomic E-state index is -2.99. The van der Waals surface area contributed by atoms with E-state index in [0.29, 0.717) is 0 Å². The van der Waals surface area contributed by atoms with Crippen molar-refractivity contribution in [1.29, 1.82) is 0 Å². The number of aromatic nitrogens is 1. The van der Waals surface area contributed by atoms with E-state index in [4.69, 9.17) is 0 Å². The summed E-state index contributed by atoms with van der Waals surface area (Å²) in [5.41, 5.74) is 3.19. The van der Waals surface area contributed by atoms with E-state index in [1.165, 1.54) is 0 Å². The highest BCUT2D eigenvalue weighted by Crippen LogP contribution is 2.24. The highest BCUT2D eigenvalue weighted by atomic mass is 32.2. The molecule has 0 fully saturated rings. The van der Waals surface area contributed by atoms with Gasteiger partial charge in [0.1, 0.15) is 0 Å². The van der Waals surface area contributed by atoms with Crippen LogP contribution in [0.3, 0.4) is 0 Å². The number of rotatable bonds is 4. The third kappa shape index (κ3) is 2.43. The van der Waals surface area contributed by atoms with Gasteiger partial charge in [0.05, 0.1) is 5.75 Å². The Morgan fingerprint density at radius 2 is 1.94 bits per heavy atom. The van der Waals surface area contributed by atoms with Gasteiger partial charge in [0, 0.05) is 29.4 Å². The monoisotopic (exact) mass is 265 g/mol. The smallest absolute Gasteiger partial charge is 0.154 e. The molecule has 0 bridgehead atoms. The molecule has 3 nitrogen and oxygen atoms in total. The lowest BCUT2D eigenvalue weighted by Crippen LogP contribution is -2.06. The van der Waals surface area contributed by atoms with Crippen LogP contribution in [0.5, 0.6) is 0 Å². The molecule has 98 valence electrons. The minimum absolute atomic E-state index is 0.135. The third-order valence-electron chi connectivity index (χ3n) is 3.28. The fourth-order valence-corrected chi connectivity index (χ4v) is 3.11. The maximum absolute atomic E-state index is 11.8. The summed E-state index contributed by atoms with van der Waals surface area (Å²) in [5.74, 6) is 0.327. The third-order valence-corrected chi connectivity index (χ3v) is 4.91. The Morgan fingerprint density at radius 3 is 2.56 bits per heavy atom. The molecule has 2 aromatic rings. The zero-order valence-corrected chi connectivity index (χ0v) is 11.9. The standard InChI is InChI=1S/C14H19NO2S/c1-4-15-9-12(10-18(16,17)5-2)13-8-11(3)6-7-14(13)15/h6-9H,4-5,10H2,1-3H3. The van der Waals surface area contributed by atoms with Gasteiger partial charge in [-0.3, -0.25) is 0 Å². The van der Waals surface area contributed by atoms with Crippen LogP contribution in [0.25, 0.3) is 10.9 Å². The van der Waals surface area contributed by atoms with Crippen molar-refractivity contribution in [2.45, 2.75) is 33.1 Å². The van der Waals surface area contributed by atoms with Crippen LogP contribution in [0.2, 0.25) is 0 Å². The van der Waals surface area contributed by atoms with Crippen molar-refractivity contribution >= 4 is 20.7 Å². The van der Waals surface area contributed by atoms with E-state index in [-0.39, 0.29) is 11.5 Å². The van der Waals surface area contributed by atoms with Gasteiger partial charge in [0.25, 0.3) is 0 Å². The summed E-state index contributed by atoms with van der Waals surface area (Å²) in [6.07, 6.45) is 1.97. The molecule has 0 N–H and O–H groups in total. The van der Waals surface area contributed by atoms with Gasteiger partial charge in [-0.05, 0) is 31.5 Å². The van der Waals surface area contributed by atoms with Crippen molar-refractivity contribution in [2.75, 3.05) is 5.75 Å². The molecule has 18 heavy (non-hydrogen) atoms. The molecule has 4 heteroatoms. The molecule has 0 aliphatic carbocycles. The lowest BCUT2D eigenvalue weighted by atomic mass is 10.1. The van der Waals surface area contributed by atoms with Crippen LogP contribution >= 0.6 is 0 Å². The number of hydrogen-bond acceptors (Lipinski definition) is 2. The second-order valence-corrected chi connectivity index (χ2v) is 6.99. The van der Waals surface area contributed by atoms with Crippen LogP contribution in [0.1, 0.15) is 25.0 Å². The van der Waals surface area contributed by atoms with Gasteiger partial charge < -0.3 is 4.57 Å². The Bertz CT molecular complexity index is 668. The molecule has 1 aromatic heterocycles. The molecule has 1 heterocycles. The van der Waals surface area contributed by atoms with Crippen molar-refractivity contribution < 1.29 is 8.42 Å². The first-order chi connectivity index (χ1) is 8.46. The molecule has 0 aliphatic rings. The second kappa shape index (κ2) is 4.76. The predicted molar refractivity (Wildman–Crippen MR) is 75.5 cm³/mol. The Morgan fingerprint density at radius 1 is 1.22 bits per heavy atom. The lowest BCUT2D eigenvalue weighted by molar-refractivity contribution is 0.596. The highest BCUT2D eigenvalue weighted by Gasteiger charge is 2.14. The predicted octanol–water partition coefficient (Wildman–Crippen LogP) is 2.90. The number of hydrogen-bond donors (Lipinski definition) is 0. The number of benzene rings is 1. The molecule has 0 radical (unpaired) electrons. The summed E-state index contributed by atoms with van der Waals surface area (Å²) in [6.45, 7) is 6.64. The zero-order valence-electron chi connectivity index (χ0n) is 11.1. The van der Waals surface area contributed by atoms with E-state index >= 15 is 0 Å². The van der Waals surface area contributed by atoms with Crippen molar-refractivity contribution in [3.8, 4) is 0 Å². The Balaban J connectivity index is 2.60. The van der Waals surface area contributed by atoms with E-state index in [2.05, 4.69) is 29.7 Å². The Hall–Kier alpha value is -1.29. The fourth-order valence-electron chi connectivity index (χ4n) is 2.20. The van der Waals surface area contributed by atoms with Crippen molar-refractivity contribution in [1.82, 2.24) is 4.57 Å². The lowest BCUT2D eigenvalue weighted by Gasteiger charge is -2.01. The molecule has 0 spiro atoms. The van der Waals surface area contributed by atoms with Crippen LogP contribution in [0, 0.1) is 6.92 Å². The highest BCUT2D eigenvalue weighted by molar-refractivity contribution is 7.90. The van der Waals surface area contributed by atoms with E-state index in [1.807, 2.05) is 13.1 Å². The molecule has 0 aliphatic heterocycles. The number of aryl methyl sites for hydroxylation is 2. The Kier molecular flexibility index (Phi) is 3.48. The van der Waals surface area contributed by atoms with Crippen LogP contribution in [-0.2, 0) is 22.1 Å². The van der Waals surface area contributed by atoms with E-state index in [9.17, 15) is 8.42 Å². The van der Waals surface area contributed by atoms with Crippen LogP contribution in [-0.4, -0.2) is 18.7 Å². The number of sulfone groups is 1. The maximum Gasteiger partial charge on any atom is 0.154 e. The zero-order chi connectivity index (χ0) is 13.3.